The topological polar surface area (TPSA) is 44.5 Å². The van der Waals surface area contributed by atoms with E-state index in [4.69, 9.17) is 15.2 Å². The minimum absolute atomic E-state index is 0.327. The molecule has 90 valence electrons. The van der Waals surface area contributed by atoms with E-state index < -0.39 is 0 Å². The van der Waals surface area contributed by atoms with Gasteiger partial charge in [0.1, 0.15) is 0 Å². The standard InChI is InChI=1S/C11H15BrFNO2/c1-15-10-6-8(7-14)5-9(12)11(10)16-4-2-3-13/h5-6H,2-4,7,14H2,1H3. The van der Waals surface area contributed by atoms with E-state index in [-0.39, 0.29) is 6.67 Å². The first-order valence-corrected chi connectivity index (χ1v) is 5.77. The van der Waals surface area contributed by atoms with Crippen molar-refractivity contribution in [2.75, 3.05) is 20.4 Å². The number of alkyl halides is 1. The molecule has 0 saturated carbocycles. The molecule has 0 bridgehead atoms. The van der Waals surface area contributed by atoms with Crippen molar-refractivity contribution in [2.24, 2.45) is 5.73 Å². The highest BCUT2D eigenvalue weighted by atomic mass is 79.9. The molecule has 1 aromatic rings. The quantitative estimate of drug-likeness (QED) is 0.820. The van der Waals surface area contributed by atoms with Crippen LogP contribution in [0.15, 0.2) is 16.6 Å². The fourth-order valence-electron chi connectivity index (χ4n) is 1.26. The van der Waals surface area contributed by atoms with Gasteiger partial charge < -0.3 is 15.2 Å². The van der Waals surface area contributed by atoms with Crippen LogP contribution in [0.5, 0.6) is 11.5 Å². The van der Waals surface area contributed by atoms with Crippen LogP contribution in [0.2, 0.25) is 0 Å². The van der Waals surface area contributed by atoms with Crippen LogP contribution in [0.1, 0.15) is 12.0 Å². The fourth-order valence-corrected chi connectivity index (χ4v) is 1.86. The maximum absolute atomic E-state index is 12.0. The van der Waals surface area contributed by atoms with E-state index in [0.29, 0.717) is 31.1 Å². The molecule has 1 rings (SSSR count). The number of hydrogen-bond acceptors (Lipinski definition) is 3. The maximum atomic E-state index is 12.0. The van der Waals surface area contributed by atoms with Gasteiger partial charge >= 0.3 is 0 Å². The van der Waals surface area contributed by atoms with Gasteiger partial charge in [-0.05, 0) is 33.6 Å². The van der Waals surface area contributed by atoms with Crippen LogP contribution in [0.25, 0.3) is 0 Å². The number of rotatable bonds is 6. The highest BCUT2D eigenvalue weighted by Gasteiger charge is 2.10. The lowest BCUT2D eigenvalue weighted by Crippen LogP contribution is -2.03. The summed E-state index contributed by atoms with van der Waals surface area (Å²) in [6.45, 7) is 0.369. The van der Waals surface area contributed by atoms with Crippen molar-refractivity contribution in [1.82, 2.24) is 0 Å². The average molecular weight is 292 g/mol. The van der Waals surface area contributed by atoms with E-state index in [1.165, 1.54) is 0 Å². The molecule has 2 N–H and O–H groups in total. The molecule has 0 amide bonds. The van der Waals surface area contributed by atoms with Crippen molar-refractivity contribution >= 4 is 15.9 Å². The zero-order valence-corrected chi connectivity index (χ0v) is 10.7. The third kappa shape index (κ3) is 3.35. The first kappa shape index (κ1) is 13.3. The van der Waals surface area contributed by atoms with Crippen molar-refractivity contribution < 1.29 is 13.9 Å². The zero-order valence-electron chi connectivity index (χ0n) is 9.13. The zero-order chi connectivity index (χ0) is 12.0. The van der Waals surface area contributed by atoms with E-state index in [1.807, 2.05) is 12.1 Å². The Morgan fingerprint density at radius 3 is 2.75 bits per heavy atom. The first-order valence-electron chi connectivity index (χ1n) is 4.98. The first-order chi connectivity index (χ1) is 7.72. The molecule has 0 fully saturated rings. The summed E-state index contributed by atoms with van der Waals surface area (Å²) in [4.78, 5) is 0. The molecule has 3 nitrogen and oxygen atoms in total. The van der Waals surface area contributed by atoms with Gasteiger partial charge in [-0.2, -0.15) is 0 Å². The van der Waals surface area contributed by atoms with Crippen LogP contribution in [-0.4, -0.2) is 20.4 Å². The summed E-state index contributed by atoms with van der Waals surface area (Å²) in [6, 6.07) is 3.68. The molecule has 16 heavy (non-hydrogen) atoms. The minimum Gasteiger partial charge on any atom is -0.493 e. The summed E-state index contributed by atoms with van der Waals surface area (Å²) in [6.07, 6.45) is 0.369. The van der Waals surface area contributed by atoms with E-state index in [0.717, 1.165) is 10.0 Å². The van der Waals surface area contributed by atoms with Gasteiger partial charge in [-0.25, -0.2) is 0 Å². The second kappa shape index (κ2) is 6.70. The fraction of sp³-hybridized carbons (Fsp3) is 0.455. The van der Waals surface area contributed by atoms with Crippen molar-refractivity contribution in [1.29, 1.82) is 0 Å². The Labute approximate surface area is 103 Å². The Morgan fingerprint density at radius 1 is 1.44 bits per heavy atom. The average Bonchev–Trinajstić information content (AvgIpc) is 2.30. The van der Waals surface area contributed by atoms with Gasteiger partial charge in [0.05, 0.1) is 24.9 Å². The van der Waals surface area contributed by atoms with E-state index in [1.54, 1.807) is 7.11 Å². The summed E-state index contributed by atoms with van der Waals surface area (Å²) in [5, 5.41) is 0. The summed E-state index contributed by atoms with van der Waals surface area (Å²) in [5.74, 6) is 1.20. The second-order valence-corrected chi connectivity index (χ2v) is 4.06. The van der Waals surface area contributed by atoms with Gasteiger partial charge in [-0.3, -0.25) is 4.39 Å². The lowest BCUT2D eigenvalue weighted by atomic mass is 10.2. The van der Waals surface area contributed by atoms with Gasteiger partial charge in [0.15, 0.2) is 11.5 Å². The third-order valence-corrected chi connectivity index (χ3v) is 2.64. The van der Waals surface area contributed by atoms with Gasteiger partial charge in [-0.1, -0.05) is 0 Å². The van der Waals surface area contributed by atoms with Crippen LogP contribution >= 0.6 is 15.9 Å². The van der Waals surface area contributed by atoms with Crippen molar-refractivity contribution in [2.45, 2.75) is 13.0 Å². The predicted octanol–water partition coefficient (Wildman–Crippen LogP) is 2.65. The van der Waals surface area contributed by atoms with Gasteiger partial charge in [0, 0.05) is 13.0 Å². The lowest BCUT2D eigenvalue weighted by Gasteiger charge is -2.13. The molecule has 0 aliphatic heterocycles. The van der Waals surface area contributed by atoms with E-state index >= 15 is 0 Å². The lowest BCUT2D eigenvalue weighted by molar-refractivity contribution is 0.272. The Balaban J connectivity index is 2.88. The molecule has 0 aromatic heterocycles. The second-order valence-electron chi connectivity index (χ2n) is 3.20. The molecule has 1 aromatic carbocycles. The molecular weight excluding hydrogens is 277 g/mol. The molecule has 0 unspecified atom stereocenters. The van der Waals surface area contributed by atoms with Gasteiger partial charge in [-0.15, -0.1) is 0 Å². The number of benzene rings is 1. The normalized spacial score (nSPS) is 10.2. The third-order valence-electron chi connectivity index (χ3n) is 2.05. The Bertz CT molecular complexity index is 347. The number of ether oxygens (including phenoxy) is 2. The molecule has 0 aliphatic rings. The smallest absolute Gasteiger partial charge is 0.175 e. The molecule has 5 heteroatoms. The van der Waals surface area contributed by atoms with Crippen molar-refractivity contribution in [3.63, 3.8) is 0 Å². The number of hydrogen-bond donors (Lipinski definition) is 1. The monoisotopic (exact) mass is 291 g/mol. The SMILES string of the molecule is COc1cc(CN)cc(Br)c1OCCCF. The van der Waals surface area contributed by atoms with Crippen LogP contribution < -0.4 is 15.2 Å². The Morgan fingerprint density at radius 2 is 2.19 bits per heavy atom. The molecule has 0 heterocycles. The van der Waals surface area contributed by atoms with Crippen LogP contribution in [0, 0.1) is 0 Å². The van der Waals surface area contributed by atoms with Crippen LogP contribution in [0.3, 0.4) is 0 Å². The summed E-state index contributed by atoms with van der Waals surface area (Å²) in [5.41, 5.74) is 6.49. The Kier molecular flexibility index (Phi) is 5.55. The summed E-state index contributed by atoms with van der Waals surface area (Å²) < 4.78 is 23.4. The highest BCUT2D eigenvalue weighted by Crippen LogP contribution is 2.36. The van der Waals surface area contributed by atoms with Gasteiger partial charge in [0.25, 0.3) is 0 Å². The molecular formula is C11H15BrFNO2. The minimum atomic E-state index is -0.388. The molecule has 0 spiro atoms. The Hall–Kier alpha value is -0.810. The number of methoxy groups -OCH3 is 1. The molecule has 0 radical (unpaired) electrons. The predicted molar refractivity (Wildman–Crippen MR) is 64.7 cm³/mol. The van der Waals surface area contributed by atoms with Gasteiger partial charge in [0.2, 0.25) is 0 Å². The largest absolute Gasteiger partial charge is 0.493 e. The molecule has 0 saturated heterocycles. The maximum Gasteiger partial charge on any atom is 0.175 e. The van der Waals surface area contributed by atoms with Crippen LogP contribution in [-0.2, 0) is 6.54 Å². The van der Waals surface area contributed by atoms with E-state index in [2.05, 4.69) is 15.9 Å². The van der Waals surface area contributed by atoms with Crippen LogP contribution in [0.4, 0.5) is 4.39 Å². The van der Waals surface area contributed by atoms with E-state index in [9.17, 15) is 4.39 Å². The number of nitrogens with two attached hydrogens (primary N) is 1. The van der Waals surface area contributed by atoms with Crippen molar-refractivity contribution in [3.05, 3.63) is 22.2 Å². The molecule has 0 aliphatic carbocycles. The number of halogens is 2. The summed E-state index contributed by atoms with van der Waals surface area (Å²) in [7, 11) is 1.56. The van der Waals surface area contributed by atoms with Crippen molar-refractivity contribution in [3.8, 4) is 11.5 Å². The molecule has 0 atom stereocenters. The summed E-state index contributed by atoms with van der Waals surface area (Å²) >= 11 is 3.38. The highest BCUT2D eigenvalue weighted by molar-refractivity contribution is 9.10.